The number of nitrogens with zero attached hydrogens (tertiary/aromatic N) is 2. The molecule has 1 heterocycles. The molecule has 3 atom stereocenters. The molecule has 0 aromatic heterocycles. The second-order valence-electron chi connectivity index (χ2n) is 9.57. The Hall–Kier alpha value is -3.34. The first-order valence-corrected chi connectivity index (χ1v) is 13.7. The van der Waals surface area contributed by atoms with Crippen molar-refractivity contribution in [2.24, 2.45) is 5.92 Å². The lowest BCUT2D eigenvalue weighted by molar-refractivity contribution is 0.0560. The van der Waals surface area contributed by atoms with Crippen LogP contribution >= 0.6 is 0 Å². The van der Waals surface area contributed by atoms with E-state index < -0.39 is 45.6 Å². The van der Waals surface area contributed by atoms with Gasteiger partial charge in [-0.2, -0.15) is 4.31 Å². The summed E-state index contributed by atoms with van der Waals surface area (Å²) in [5.41, 5.74) is 1.20. The van der Waals surface area contributed by atoms with Crippen LogP contribution < -0.4 is 4.74 Å². The summed E-state index contributed by atoms with van der Waals surface area (Å²) in [6, 6.07) is 15.4. The van der Waals surface area contributed by atoms with E-state index in [9.17, 15) is 27.1 Å². The molecule has 1 N–H and O–H groups in total. The average Bonchev–Trinajstić information content (AvgIpc) is 2.90. The Morgan fingerprint density at radius 2 is 1.76 bits per heavy atom. The molecule has 0 saturated heterocycles. The van der Waals surface area contributed by atoms with Gasteiger partial charge in [0.15, 0.2) is 0 Å². The molecule has 3 aromatic rings. The van der Waals surface area contributed by atoms with Crippen molar-refractivity contribution in [1.29, 1.82) is 0 Å². The van der Waals surface area contributed by atoms with E-state index in [0.29, 0.717) is 11.1 Å². The summed E-state index contributed by atoms with van der Waals surface area (Å²) in [5, 5.41) is 9.81. The number of sulfonamides is 1. The second-order valence-corrected chi connectivity index (χ2v) is 11.4. The van der Waals surface area contributed by atoms with Crippen LogP contribution in [0.25, 0.3) is 11.1 Å². The maximum Gasteiger partial charge on any atom is 0.256 e. The van der Waals surface area contributed by atoms with Gasteiger partial charge in [-0.05, 0) is 54.4 Å². The molecule has 38 heavy (non-hydrogen) atoms. The van der Waals surface area contributed by atoms with Gasteiger partial charge in [-0.15, -0.1) is 0 Å². The van der Waals surface area contributed by atoms with E-state index in [1.165, 1.54) is 52.7 Å². The van der Waals surface area contributed by atoms with Gasteiger partial charge in [-0.1, -0.05) is 37.3 Å². The topological polar surface area (TPSA) is 87.2 Å². The van der Waals surface area contributed by atoms with Crippen LogP contribution in [0, 0.1) is 17.6 Å². The van der Waals surface area contributed by atoms with Crippen molar-refractivity contribution in [2.75, 3.05) is 26.7 Å². The highest BCUT2D eigenvalue weighted by atomic mass is 32.2. The molecule has 0 spiro atoms. The van der Waals surface area contributed by atoms with E-state index in [2.05, 4.69) is 0 Å². The van der Waals surface area contributed by atoms with Gasteiger partial charge in [-0.25, -0.2) is 17.2 Å². The fourth-order valence-electron chi connectivity index (χ4n) is 4.46. The zero-order chi connectivity index (χ0) is 27.6. The van der Waals surface area contributed by atoms with Gasteiger partial charge < -0.3 is 14.7 Å². The summed E-state index contributed by atoms with van der Waals surface area (Å²) in [4.78, 5) is 14.3. The van der Waals surface area contributed by atoms with E-state index in [-0.39, 0.29) is 35.9 Å². The van der Waals surface area contributed by atoms with Crippen LogP contribution in [0.1, 0.15) is 24.2 Å². The monoisotopic (exact) mass is 544 g/mol. The van der Waals surface area contributed by atoms with Gasteiger partial charge in [0.25, 0.3) is 5.91 Å². The molecule has 1 amide bonds. The number of amides is 1. The van der Waals surface area contributed by atoms with Crippen LogP contribution in [0.5, 0.6) is 5.75 Å². The molecule has 202 valence electrons. The number of carbonyl (C=O) groups is 1. The third kappa shape index (κ3) is 5.57. The first kappa shape index (κ1) is 27.7. The third-order valence-corrected chi connectivity index (χ3v) is 8.77. The third-order valence-electron chi connectivity index (χ3n) is 6.75. The molecule has 7 nitrogen and oxygen atoms in total. The van der Waals surface area contributed by atoms with Crippen LogP contribution in [0.4, 0.5) is 8.78 Å². The largest absolute Gasteiger partial charge is 0.487 e. The van der Waals surface area contributed by atoms with Crippen molar-refractivity contribution in [3.63, 3.8) is 0 Å². The van der Waals surface area contributed by atoms with Crippen molar-refractivity contribution in [2.45, 2.75) is 30.9 Å². The van der Waals surface area contributed by atoms with Crippen molar-refractivity contribution >= 4 is 15.9 Å². The molecule has 4 rings (SSSR count). The fourth-order valence-corrected chi connectivity index (χ4v) is 6.28. The summed E-state index contributed by atoms with van der Waals surface area (Å²) < 4.78 is 62.6. The number of likely N-dealkylation sites (N-methyl/N-ethyl adjacent to an activating group) is 1. The lowest BCUT2D eigenvalue weighted by Crippen LogP contribution is -2.50. The zero-order valence-electron chi connectivity index (χ0n) is 21.3. The number of fused-ring (bicyclic) bond motifs is 1. The average molecular weight is 545 g/mol. The highest BCUT2D eigenvalue weighted by molar-refractivity contribution is 7.89. The molecule has 0 unspecified atom stereocenters. The highest BCUT2D eigenvalue weighted by Gasteiger charge is 2.38. The zero-order valence-corrected chi connectivity index (χ0v) is 22.2. The Labute approximate surface area is 221 Å². The second kappa shape index (κ2) is 11.2. The smallest absolute Gasteiger partial charge is 0.256 e. The van der Waals surface area contributed by atoms with Crippen molar-refractivity contribution in [3.05, 3.63) is 83.9 Å². The number of hydrogen-bond donors (Lipinski definition) is 1. The Balaban J connectivity index is 1.75. The van der Waals surface area contributed by atoms with Crippen LogP contribution in [0.2, 0.25) is 0 Å². The number of benzene rings is 3. The number of aliphatic hydroxyl groups is 1. The minimum atomic E-state index is -4.05. The lowest BCUT2D eigenvalue weighted by Gasteiger charge is -2.37. The molecule has 1 aliphatic rings. The molecule has 0 fully saturated rings. The molecular formula is C28H30F2N2O5S. The predicted octanol–water partition coefficient (Wildman–Crippen LogP) is 4.17. The Morgan fingerprint density at radius 3 is 2.42 bits per heavy atom. The first-order valence-electron chi connectivity index (χ1n) is 12.2. The summed E-state index contributed by atoms with van der Waals surface area (Å²) in [7, 11) is -2.52. The molecule has 0 bridgehead atoms. The number of ether oxygens (including phenoxy) is 1. The maximum absolute atomic E-state index is 14.3. The minimum absolute atomic E-state index is 0.0373. The van der Waals surface area contributed by atoms with E-state index in [1.54, 1.807) is 44.2 Å². The molecular weight excluding hydrogens is 514 g/mol. The quantitative estimate of drug-likeness (QED) is 0.503. The van der Waals surface area contributed by atoms with E-state index >= 15 is 0 Å². The van der Waals surface area contributed by atoms with Crippen molar-refractivity contribution < 1.29 is 31.8 Å². The Bertz CT molecular complexity index is 1410. The SMILES string of the molecule is C[C@H](CO)N1C[C@H](C)[C@@H](CN(C)C(=O)c2ccccc2F)Oc2cc(-c3ccc(F)cc3)ccc2S1(=O)=O. The normalized spacial score (nSPS) is 19.9. The minimum Gasteiger partial charge on any atom is -0.487 e. The highest BCUT2D eigenvalue weighted by Crippen LogP contribution is 2.36. The van der Waals surface area contributed by atoms with Crippen LogP contribution in [0.3, 0.4) is 0 Å². The standard InChI is InChI=1S/C28H30F2N2O5S/c1-18-15-32(19(2)17-33)38(35,36)27-13-10-21(20-8-11-22(29)12-9-20)14-25(27)37-26(18)16-31(3)28(34)23-6-4-5-7-24(23)30/h4-14,18-19,26,33H,15-17H2,1-3H3/t18-,19+,26+/m0/s1. The summed E-state index contributed by atoms with van der Waals surface area (Å²) in [5.74, 6) is -1.90. The van der Waals surface area contributed by atoms with Gasteiger partial charge >= 0.3 is 0 Å². The molecule has 3 aromatic carbocycles. The number of aliphatic hydroxyl groups excluding tert-OH is 1. The maximum atomic E-state index is 14.3. The van der Waals surface area contributed by atoms with Crippen LogP contribution in [-0.2, 0) is 10.0 Å². The van der Waals surface area contributed by atoms with E-state index in [1.807, 2.05) is 0 Å². The lowest BCUT2D eigenvalue weighted by atomic mass is 10.0. The molecule has 0 aliphatic carbocycles. The summed E-state index contributed by atoms with van der Waals surface area (Å²) in [6.07, 6.45) is -0.665. The van der Waals surface area contributed by atoms with Crippen molar-refractivity contribution in [1.82, 2.24) is 9.21 Å². The Kier molecular flexibility index (Phi) is 8.15. The number of halogens is 2. The predicted molar refractivity (Wildman–Crippen MR) is 139 cm³/mol. The van der Waals surface area contributed by atoms with Gasteiger partial charge in [0.05, 0.1) is 18.7 Å². The van der Waals surface area contributed by atoms with Crippen LogP contribution in [0.15, 0.2) is 71.6 Å². The molecule has 0 saturated carbocycles. The van der Waals surface area contributed by atoms with Crippen molar-refractivity contribution in [3.8, 4) is 16.9 Å². The summed E-state index contributed by atoms with van der Waals surface area (Å²) in [6.45, 7) is 3.12. The first-order chi connectivity index (χ1) is 18.0. The van der Waals surface area contributed by atoms with E-state index in [4.69, 9.17) is 4.74 Å². The van der Waals surface area contributed by atoms with E-state index in [0.717, 1.165) is 0 Å². The molecule has 1 aliphatic heterocycles. The number of rotatable bonds is 6. The molecule has 0 radical (unpaired) electrons. The number of hydrogen-bond acceptors (Lipinski definition) is 5. The summed E-state index contributed by atoms with van der Waals surface area (Å²) >= 11 is 0. The van der Waals surface area contributed by atoms with Gasteiger partial charge in [-0.3, -0.25) is 4.79 Å². The van der Waals surface area contributed by atoms with Crippen LogP contribution in [-0.4, -0.2) is 67.5 Å². The van der Waals surface area contributed by atoms with Gasteiger partial charge in [0.2, 0.25) is 10.0 Å². The Morgan fingerprint density at radius 1 is 1.11 bits per heavy atom. The number of carbonyl (C=O) groups excluding carboxylic acids is 1. The molecule has 10 heteroatoms. The fraction of sp³-hybridized carbons (Fsp3) is 0.321. The van der Waals surface area contributed by atoms with Gasteiger partial charge in [0, 0.05) is 25.6 Å². The van der Waals surface area contributed by atoms with Gasteiger partial charge in [0.1, 0.15) is 28.4 Å².